The van der Waals surface area contributed by atoms with Crippen LogP contribution in [0.3, 0.4) is 0 Å². The van der Waals surface area contributed by atoms with Gasteiger partial charge in [-0.2, -0.15) is 0 Å². The van der Waals surface area contributed by atoms with Crippen molar-refractivity contribution in [1.29, 1.82) is 0 Å². The van der Waals surface area contributed by atoms with Crippen molar-refractivity contribution in [3.8, 4) is 5.75 Å². The number of sulfone groups is 1. The zero-order valence-corrected chi connectivity index (χ0v) is 16.4. The van der Waals surface area contributed by atoms with E-state index in [-0.39, 0.29) is 16.9 Å². The van der Waals surface area contributed by atoms with Crippen molar-refractivity contribution in [1.82, 2.24) is 4.31 Å². The minimum absolute atomic E-state index is 0.135. The van der Waals surface area contributed by atoms with Crippen molar-refractivity contribution in [2.45, 2.75) is 30.7 Å². The van der Waals surface area contributed by atoms with E-state index in [1.807, 2.05) is 0 Å². The van der Waals surface area contributed by atoms with E-state index in [4.69, 9.17) is 10.5 Å². The number of hydrogen-bond acceptors (Lipinski definition) is 6. The molecule has 0 radical (unpaired) electrons. The predicted octanol–water partition coefficient (Wildman–Crippen LogP) is 1.16. The molecule has 0 aliphatic carbocycles. The zero-order chi connectivity index (χ0) is 18.8. The summed E-state index contributed by atoms with van der Waals surface area (Å²) in [7, 11) is -6.59. The standard InChI is InChI=1S/C16H26N2O5S2/c1-12(17)14-4-5-15(16(10-14)24(2,19)20)23-11-13-6-8-18(9-7-13)25(3,21)22/h4-5,10,12-13H,6-9,11,17H2,1-3H3. The number of nitrogens with zero attached hydrogens (tertiary/aromatic N) is 1. The Bertz CT molecular complexity index is 811. The van der Waals surface area contributed by atoms with E-state index in [9.17, 15) is 16.8 Å². The quantitative estimate of drug-likeness (QED) is 0.781. The highest BCUT2D eigenvalue weighted by molar-refractivity contribution is 7.90. The van der Waals surface area contributed by atoms with E-state index >= 15 is 0 Å². The van der Waals surface area contributed by atoms with E-state index in [0.29, 0.717) is 38.3 Å². The fourth-order valence-electron chi connectivity index (χ4n) is 2.83. The van der Waals surface area contributed by atoms with Gasteiger partial charge in [-0.3, -0.25) is 0 Å². The van der Waals surface area contributed by atoms with Gasteiger partial charge in [0.1, 0.15) is 10.6 Å². The van der Waals surface area contributed by atoms with Crippen LogP contribution in [0, 0.1) is 5.92 Å². The third kappa shape index (κ3) is 5.40. The minimum Gasteiger partial charge on any atom is -0.492 e. The first kappa shape index (κ1) is 20.2. The second-order valence-electron chi connectivity index (χ2n) is 6.68. The van der Waals surface area contributed by atoms with Gasteiger partial charge in [0.05, 0.1) is 12.9 Å². The molecular weight excluding hydrogens is 364 g/mol. The monoisotopic (exact) mass is 390 g/mol. The Morgan fingerprint density at radius 2 is 1.80 bits per heavy atom. The summed E-state index contributed by atoms with van der Waals surface area (Å²) in [5.41, 5.74) is 6.56. The zero-order valence-electron chi connectivity index (χ0n) is 14.8. The second kappa shape index (κ2) is 7.61. The maximum Gasteiger partial charge on any atom is 0.211 e. The van der Waals surface area contributed by atoms with Gasteiger partial charge in [0.25, 0.3) is 0 Å². The van der Waals surface area contributed by atoms with Gasteiger partial charge in [-0.05, 0) is 43.4 Å². The Hall–Kier alpha value is -1.16. The smallest absolute Gasteiger partial charge is 0.211 e. The average Bonchev–Trinajstić information content (AvgIpc) is 2.51. The molecule has 1 aromatic carbocycles. The van der Waals surface area contributed by atoms with Crippen LogP contribution in [-0.4, -0.2) is 53.3 Å². The van der Waals surface area contributed by atoms with Crippen LogP contribution in [-0.2, 0) is 19.9 Å². The molecule has 1 aromatic rings. The maximum absolute atomic E-state index is 12.0. The Morgan fingerprint density at radius 1 is 1.20 bits per heavy atom. The summed E-state index contributed by atoms with van der Waals surface area (Å²) in [4.78, 5) is 0.135. The minimum atomic E-state index is -3.44. The Kier molecular flexibility index (Phi) is 6.13. The lowest BCUT2D eigenvalue weighted by Gasteiger charge is -2.30. The van der Waals surface area contributed by atoms with Crippen molar-refractivity contribution in [2.75, 3.05) is 32.2 Å². The lowest BCUT2D eigenvalue weighted by Crippen LogP contribution is -2.39. The maximum atomic E-state index is 12.0. The van der Waals surface area contributed by atoms with Gasteiger partial charge in [0.2, 0.25) is 10.0 Å². The van der Waals surface area contributed by atoms with E-state index in [0.717, 1.165) is 11.8 Å². The molecule has 25 heavy (non-hydrogen) atoms. The summed E-state index contributed by atoms with van der Waals surface area (Å²) in [5, 5.41) is 0. The Labute approximate surface area is 150 Å². The van der Waals surface area contributed by atoms with Gasteiger partial charge in [-0.15, -0.1) is 0 Å². The van der Waals surface area contributed by atoms with Gasteiger partial charge in [-0.1, -0.05) is 6.07 Å². The Morgan fingerprint density at radius 3 is 2.28 bits per heavy atom. The first-order valence-corrected chi connectivity index (χ1v) is 11.9. The number of sulfonamides is 1. The van der Waals surface area contributed by atoms with E-state index in [2.05, 4.69) is 0 Å². The Balaban J connectivity index is 2.06. The summed E-state index contributed by atoms with van der Waals surface area (Å²) < 4.78 is 54.4. The SMILES string of the molecule is CC(N)c1ccc(OCC2CCN(S(C)(=O)=O)CC2)c(S(C)(=O)=O)c1. The molecule has 9 heteroatoms. The predicted molar refractivity (Wildman–Crippen MR) is 96.8 cm³/mol. The number of piperidine rings is 1. The molecule has 0 aromatic heterocycles. The third-order valence-electron chi connectivity index (χ3n) is 4.41. The van der Waals surface area contributed by atoms with Gasteiger partial charge >= 0.3 is 0 Å². The van der Waals surface area contributed by atoms with Crippen LogP contribution >= 0.6 is 0 Å². The van der Waals surface area contributed by atoms with E-state index in [1.165, 1.54) is 10.6 Å². The molecule has 1 aliphatic rings. The van der Waals surface area contributed by atoms with Crippen molar-refractivity contribution in [3.05, 3.63) is 23.8 Å². The van der Waals surface area contributed by atoms with Crippen LogP contribution in [0.5, 0.6) is 5.75 Å². The van der Waals surface area contributed by atoms with Crippen LogP contribution in [0.2, 0.25) is 0 Å². The first-order valence-electron chi connectivity index (χ1n) is 8.16. The summed E-state index contributed by atoms with van der Waals surface area (Å²) in [6.07, 6.45) is 3.74. The molecule has 0 saturated carbocycles. The van der Waals surface area contributed by atoms with E-state index in [1.54, 1.807) is 25.1 Å². The van der Waals surface area contributed by atoms with Gasteiger partial charge < -0.3 is 10.5 Å². The largest absolute Gasteiger partial charge is 0.492 e. The van der Waals surface area contributed by atoms with Gasteiger partial charge in [0, 0.05) is 25.4 Å². The van der Waals surface area contributed by atoms with Crippen molar-refractivity contribution in [3.63, 3.8) is 0 Å². The highest BCUT2D eigenvalue weighted by atomic mass is 32.2. The molecule has 2 rings (SSSR count). The summed E-state index contributed by atoms with van der Waals surface area (Å²) >= 11 is 0. The average molecular weight is 391 g/mol. The first-order chi connectivity index (χ1) is 11.5. The molecule has 0 bridgehead atoms. The fourth-order valence-corrected chi connectivity index (χ4v) is 4.55. The normalized spacial score (nSPS) is 18.9. The van der Waals surface area contributed by atoms with Crippen molar-refractivity contribution in [2.24, 2.45) is 11.7 Å². The van der Waals surface area contributed by atoms with Gasteiger partial charge in [-0.25, -0.2) is 21.1 Å². The molecule has 1 unspecified atom stereocenters. The lowest BCUT2D eigenvalue weighted by atomic mass is 9.99. The molecule has 1 fully saturated rings. The summed E-state index contributed by atoms with van der Waals surface area (Å²) in [6, 6.07) is 4.69. The molecule has 1 heterocycles. The highest BCUT2D eigenvalue weighted by Crippen LogP contribution is 2.28. The number of hydrogen-bond donors (Lipinski definition) is 1. The molecule has 1 atom stereocenters. The van der Waals surface area contributed by atoms with Crippen LogP contribution in [0.1, 0.15) is 31.4 Å². The number of nitrogens with two attached hydrogens (primary N) is 1. The molecule has 0 amide bonds. The number of ether oxygens (including phenoxy) is 1. The molecular formula is C16H26N2O5S2. The molecule has 142 valence electrons. The molecule has 0 spiro atoms. The van der Waals surface area contributed by atoms with Gasteiger partial charge in [0.15, 0.2) is 9.84 Å². The van der Waals surface area contributed by atoms with Crippen molar-refractivity contribution >= 4 is 19.9 Å². The molecule has 7 nitrogen and oxygen atoms in total. The van der Waals surface area contributed by atoms with E-state index < -0.39 is 19.9 Å². The van der Waals surface area contributed by atoms with Crippen LogP contribution in [0.25, 0.3) is 0 Å². The summed E-state index contributed by atoms with van der Waals surface area (Å²) in [5.74, 6) is 0.510. The highest BCUT2D eigenvalue weighted by Gasteiger charge is 2.26. The number of rotatable bonds is 6. The topological polar surface area (TPSA) is 107 Å². The summed E-state index contributed by atoms with van der Waals surface area (Å²) in [6.45, 7) is 3.08. The second-order valence-corrected chi connectivity index (χ2v) is 10.7. The number of benzene rings is 1. The molecule has 1 aliphatic heterocycles. The lowest BCUT2D eigenvalue weighted by molar-refractivity contribution is 0.183. The van der Waals surface area contributed by atoms with Crippen molar-refractivity contribution < 1.29 is 21.6 Å². The third-order valence-corrected chi connectivity index (χ3v) is 6.83. The van der Waals surface area contributed by atoms with Crippen LogP contribution in [0.15, 0.2) is 23.1 Å². The molecule has 1 saturated heterocycles. The molecule has 2 N–H and O–H groups in total. The van der Waals surface area contributed by atoms with Crippen LogP contribution in [0.4, 0.5) is 0 Å². The van der Waals surface area contributed by atoms with Crippen LogP contribution < -0.4 is 10.5 Å². The fraction of sp³-hybridized carbons (Fsp3) is 0.625.